The second-order valence-electron chi connectivity index (χ2n) is 4.84. The first-order chi connectivity index (χ1) is 9.29. The van der Waals surface area contributed by atoms with Crippen LogP contribution in [0.4, 0.5) is 0 Å². The molecule has 2 aliphatic rings. The molecular formula is C15H18O4. The van der Waals surface area contributed by atoms with E-state index in [0.29, 0.717) is 13.2 Å². The third-order valence-electron chi connectivity index (χ3n) is 3.57. The summed E-state index contributed by atoms with van der Waals surface area (Å²) in [5, 5.41) is 0. The number of ether oxygens (including phenoxy) is 4. The fourth-order valence-corrected chi connectivity index (χ4v) is 2.57. The van der Waals surface area contributed by atoms with Gasteiger partial charge in [0.05, 0.1) is 13.2 Å². The third kappa shape index (κ3) is 2.44. The summed E-state index contributed by atoms with van der Waals surface area (Å²) in [6.45, 7) is 5.00. The molecule has 2 heterocycles. The topological polar surface area (TPSA) is 36.9 Å². The van der Waals surface area contributed by atoms with Gasteiger partial charge in [0.25, 0.3) is 0 Å². The van der Waals surface area contributed by atoms with Crippen LogP contribution in [0.25, 0.3) is 0 Å². The van der Waals surface area contributed by atoms with Crippen LogP contribution in [0.2, 0.25) is 0 Å². The minimum Gasteiger partial charge on any atom is -0.374 e. The zero-order valence-corrected chi connectivity index (χ0v) is 11.0. The molecule has 0 amide bonds. The molecule has 0 saturated carbocycles. The van der Waals surface area contributed by atoms with Crippen molar-refractivity contribution in [3.8, 4) is 0 Å². The lowest BCUT2D eigenvalue weighted by Gasteiger charge is -2.43. The highest BCUT2D eigenvalue weighted by Gasteiger charge is 2.43. The van der Waals surface area contributed by atoms with Crippen molar-refractivity contribution >= 4 is 0 Å². The molecule has 0 aromatic heterocycles. The molecule has 4 heteroatoms. The van der Waals surface area contributed by atoms with E-state index in [-0.39, 0.29) is 24.6 Å². The highest BCUT2D eigenvalue weighted by molar-refractivity contribution is 5.18. The van der Waals surface area contributed by atoms with Gasteiger partial charge in [-0.25, -0.2) is 0 Å². The fraction of sp³-hybridized carbons (Fsp3) is 0.467. The Labute approximate surface area is 112 Å². The van der Waals surface area contributed by atoms with Crippen LogP contribution in [0.3, 0.4) is 0 Å². The Kier molecular flexibility index (Phi) is 3.66. The lowest BCUT2D eigenvalue weighted by molar-refractivity contribution is -0.291. The number of benzene rings is 1. The van der Waals surface area contributed by atoms with Gasteiger partial charge < -0.3 is 18.9 Å². The molecule has 19 heavy (non-hydrogen) atoms. The maximum absolute atomic E-state index is 6.02. The van der Waals surface area contributed by atoms with Gasteiger partial charge in [0.15, 0.2) is 6.29 Å². The number of hydrogen-bond acceptors (Lipinski definition) is 4. The van der Waals surface area contributed by atoms with E-state index >= 15 is 0 Å². The predicted octanol–water partition coefficient (Wildman–Crippen LogP) is 2.07. The van der Waals surface area contributed by atoms with Gasteiger partial charge in [-0.15, -0.1) is 0 Å². The molecule has 102 valence electrons. The SMILES string of the molecule is C=C1CO[C@H]2COC(c3ccccc3)O[C@H]2[C@@H]1OC. The third-order valence-corrected chi connectivity index (χ3v) is 3.57. The van der Waals surface area contributed by atoms with Gasteiger partial charge in [-0.2, -0.15) is 0 Å². The summed E-state index contributed by atoms with van der Waals surface area (Å²) in [5.41, 5.74) is 1.92. The Morgan fingerprint density at radius 2 is 2.00 bits per heavy atom. The average Bonchev–Trinajstić information content (AvgIpc) is 2.47. The van der Waals surface area contributed by atoms with E-state index in [1.54, 1.807) is 7.11 Å². The Morgan fingerprint density at radius 1 is 1.21 bits per heavy atom. The molecule has 0 bridgehead atoms. The highest BCUT2D eigenvalue weighted by atomic mass is 16.7. The molecule has 2 saturated heterocycles. The van der Waals surface area contributed by atoms with E-state index < -0.39 is 0 Å². The smallest absolute Gasteiger partial charge is 0.184 e. The number of rotatable bonds is 2. The first-order valence-electron chi connectivity index (χ1n) is 6.43. The van der Waals surface area contributed by atoms with Crippen LogP contribution in [0, 0.1) is 0 Å². The highest BCUT2D eigenvalue weighted by Crippen LogP contribution is 2.34. The van der Waals surface area contributed by atoms with Crippen molar-refractivity contribution in [2.24, 2.45) is 0 Å². The molecule has 0 radical (unpaired) electrons. The fourth-order valence-electron chi connectivity index (χ4n) is 2.57. The van der Waals surface area contributed by atoms with E-state index in [9.17, 15) is 0 Å². The first-order valence-corrected chi connectivity index (χ1v) is 6.43. The number of hydrogen-bond donors (Lipinski definition) is 0. The standard InChI is InChI=1S/C15H18O4/c1-10-8-17-12-9-18-15(11-6-4-3-5-7-11)19-14(12)13(10)16-2/h3-7,12-15H,1,8-9H2,2H3/t12-,13+,14+,15?/m0/s1. The van der Waals surface area contributed by atoms with Crippen molar-refractivity contribution in [2.45, 2.75) is 24.6 Å². The maximum atomic E-state index is 6.02. The Bertz CT molecular complexity index is 445. The van der Waals surface area contributed by atoms with Gasteiger partial charge in [-0.3, -0.25) is 0 Å². The maximum Gasteiger partial charge on any atom is 0.184 e. The summed E-state index contributed by atoms with van der Waals surface area (Å²) in [6.07, 6.45) is -0.746. The molecule has 0 N–H and O–H groups in total. The van der Waals surface area contributed by atoms with E-state index in [1.165, 1.54) is 0 Å². The van der Waals surface area contributed by atoms with Crippen LogP contribution < -0.4 is 0 Å². The molecule has 0 spiro atoms. The van der Waals surface area contributed by atoms with Crippen molar-refractivity contribution < 1.29 is 18.9 Å². The zero-order valence-electron chi connectivity index (χ0n) is 11.0. The minimum absolute atomic E-state index is 0.0876. The summed E-state index contributed by atoms with van der Waals surface area (Å²) in [6, 6.07) is 9.89. The van der Waals surface area contributed by atoms with Crippen LogP contribution in [0.15, 0.2) is 42.5 Å². The largest absolute Gasteiger partial charge is 0.374 e. The molecule has 4 nitrogen and oxygen atoms in total. The Balaban J connectivity index is 1.78. The average molecular weight is 262 g/mol. The van der Waals surface area contributed by atoms with Gasteiger partial charge in [0.2, 0.25) is 0 Å². The molecule has 2 aliphatic heterocycles. The molecule has 2 fully saturated rings. The zero-order chi connectivity index (χ0) is 13.2. The van der Waals surface area contributed by atoms with Crippen molar-refractivity contribution in [3.63, 3.8) is 0 Å². The molecule has 1 aromatic carbocycles. The molecule has 4 atom stereocenters. The van der Waals surface area contributed by atoms with E-state index in [1.807, 2.05) is 30.3 Å². The lowest BCUT2D eigenvalue weighted by Crippen LogP contribution is -2.53. The quantitative estimate of drug-likeness (QED) is 0.765. The molecule has 1 aromatic rings. The van der Waals surface area contributed by atoms with Crippen molar-refractivity contribution in [1.29, 1.82) is 0 Å². The second-order valence-corrected chi connectivity index (χ2v) is 4.84. The normalized spacial score (nSPS) is 34.9. The number of fused-ring (bicyclic) bond motifs is 1. The van der Waals surface area contributed by atoms with Gasteiger partial charge >= 0.3 is 0 Å². The van der Waals surface area contributed by atoms with Gasteiger partial charge in [-0.05, 0) is 5.57 Å². The summed E-state index contributed by atoms with van der Waals surface area (Å²) in [5.74, 6) is 0. The lowest BCUT2D eigenvalue weighted by atomic mass is 9.97. The van der Waals surface area contributed by atoms with Gasteiger partial charge in [-0.1, -0.05) is 36.9 Å². The van der Waals surface area contributed by atoms with Crippen LogP contribution in [-0.4, -0.2) is 38.6 Å². The number of methoxy groups -OCH3 is 1. The van der Waals surface area contributed by atoms with E-state index in [4.69, 9.17) is 18.9 Å². The summed E-state index contributed by atoms with van der Waals surface area (Å²) < 4.78 is 22.9. The molecular weight excluding hydrogens is 244 g/mol. The first kappa shape index (κ1) is 12.8. The van der Waals surface area contributed by atoms with Crippen LogP contribution >= 0.6 is 0 Å². The van der Waals surface area contributed by atoms with Crippen molar-refractivity contribution in [1.82, 2.24) is 0 Å². The predicted molar refractivity (Wildman–Crippen MR) is 69.7 cm³/mol. The minimum atomic E-state index is -0.366. The second kappa shape index (κ2) is 5.43. The molecule has 0 aliphatic carbocycles. The summed E-state index contributed by atoms with van der Waals surface area (Å²) >= 11 is 0. The molecule has 1 unspecified atom stereocenters. The monoisotopic (exact) mass is 262 g/mol. The van der Waals surface area contributed by atoms with E-state index in [0.717, 1.165) is 11.1 Å². The molecule has 3 rings (SSSR count). The Hall–Kier alpha value is -1.20. The van der Waals surface area contributed by atoms with Crippen LogP contribution in [0.5, 0.6) is 0 Å². The summed E-state index contributed by atoms with van der Waals surface area (Å²) in [4.78, 5) is 0. The van der Waals surface area contributed by atoms with Gasteiger partial charge in [0, 0.05) is 12.7 Å². The van der Waals surface area contributed by atoms with Crippen LogP contribution in [-0.2, 0) is 18.9 Å². The van der Waals surface area contributed by atoms with Crippen LogP contribution in [0.1, 0.15) is 11.9 Å². The summed E-state index contributed by atoms with van der Waals surface area (Å²) in [7, 11) is 1.68. The van der Waals surface area contributed by atoms with Gasteiger partial charge in [0.1, 0.15) is 18.3 Å². The van der Waals surface area contributed by atoms with Crippen molar-refractivity contribution in [3.05, 3.63) is 48.0 Å². The van der Waals surface area contributed by atoms with Crippen molar-refractivity contribution in [2.75, 3.05) is 20.3 Å². The Morgan fingerprint density at radius 3 is 2.74 bits per heavy atom. The van der Waals surface area contributed by atoms with E-state index in [2.05, 4.69) is 6.58 Å².